The van der Waals surface area contributed by atoms with Gasteiger partial charge in [-0.2, -0.15) is 0 Å². The molecule has 2 atom stereocenters. The molecule has 1 amide bonds. The molecule has 0 aromatic rings. The van der Waals surface area contributed by atoms with Crippen molar-refractivity contribution >= 4 is 11.9 Å². The van der Waals surface area contributed by atoms with Crippen LogP contribution in [0.2, 0.25) is 0 Å². The highest BCUT2D eigenvalue weighted by Crippen LogP contribution is 2.06. The van der Waals surface area contributed by atoms with Crippen molar-refractivity contribution < 1.29 is 14.3 Å². The van der Waals surface area contributed by atoms with Crippen LogP contribution in [0, 0.1) is 0 Å². The lowest BCUT2D eigenvalue weighted by Gasteiger charge is -2.12. The third-order valence-corrected chi connectivity index (χ3v) is 1.81. The van der Waals surface area contributed by atoms with Crippen LogP contribution in [0.15, 0.2) is 0 Å². The van der Waals surface area contributed by atoms with Crippen molar-refractivity contribution in [2.45, 2.75) is 25.4 Å². The summed E-state index contributed by atoms with van der Waals surface area (Å²) >= 11 is 0. The molecule has 1 aliphatic heterocycles. The number of rotatable bonds is 3. The first kappa shape index (κ1) is 8.99. The smallest absolute Gasteiger partial charge is 0.323 e. The maximum atomic E-state index is 10.9. The quantitative estimate of drug-likeness (QED) is 0.522. The summed E-state index contributed by atoms with van der Waals surface area (Å²) in [6.45, 7) is 2.04. The molecular weight excluding hydrogens is 160 g/mol. The lowest BCUT2D eigenvalue weighted by molar-refractivity contribution is -0.139. The number of carbonyl (C=O) groups excluding carboxylic acids is 2. The van der Waals surface area contributed by atoms with Crippen LogP contribution in [0.3, 0.4) is 0 Å². The zero-order chi connectivity index (χ0) is 9.14. The maximum Gasteiger partial charge on any atom is 0.323 e. The molecule has 0 spiro atoms. The van der Waals surface area contributed by atoms with Crippen LogP contribution in [-0.2, 0) is 14.3 Å². The summed E-state index contributed by atoms with van der Waals surface area (Å²) in [5.41, 5.74) is 5.01. The Kier molecular flexibility index (Phi) is 2.65. The van der Waals surface area contributed by atoms with Gasteiger partial charge in [-0.15, -0.1) is 0 Å². The van der Waals surface area contributed by atoms with Crippen molar-refractivity contribution in [2.24, 2.45) is 5.73 Å². The van der Waals surface area contributed by atoms with E-state index in [1.54, 1.807) is 6.92 Å². The first-order valence-corrected chi connectivity index (χ1v) is 3.83. The van der Waals surface area contributed by atoms with E-state index in [0.29, 0.717) is 13.0 Å². The van der Waals surface area contributed by atoms with Crippen molar-refractivity contribution in [2.75, 3.05) is 6.61 Å². The van der Waals surface area contributed by atoms with Gasteiger partial charge in [-0.1, -0.05) is 0 Å². The molecule has 1 aliphatic rings. The summed E-state index contributed by atoms with van der Waals surface area (Å²) < 4.78 is 4.69. The number of ether oxygens (including phenoxy) is 1. The molecule has 12 heavy (non-hydrogen) atoms. The molecule has 2 unspecified atom stereocenters. The second-order valence-electron chi connectivity index (χ2n) is 2.80. The van der Waals surface area contributed by atoms with Crippen LogP contribution >= 0.6 is 0 Å². The van der Waals surface area contributed by atoms with Crippen molar-refractivity contribution in [1.29, 1.82) is 0 Å². The van der Waals surface area contributed by atoms with Crippen molar-refractivity contribution in [3.8, 4) is 0 Å². The van der Waals surface area contributed by atoms with E-state index in [1.165, 1.54) is 0 Å². The van der Waals surface area contributed by atoms with E-state index in [0.717, 1.165) is 0 Å². The highest BCUT2D eigenvalue weighted by atomic mass is 16.5. The number of cyclic esters (lactones) is 1. The number of hydrogen-bond donors (Lipinski definition) is 2. The van der Waals surface area contributed by atoms with E-state index < -0.39 is 11.9 Å². The fourth-order valence-electron chi connectivity index (χ4n) is 1.03. The van der Waals surface area contributed by atoms with Crippen molar-refractivity contribution in [3.63, 3.8) is 0 Å². The minimum atomic E-state index is -0.486. The molecule has 1 fully saturated rings. The largest absolute Gasteiger partial charge is 0.464 e. The third-order valence-electron chi connectivity index (χ3n) is 1.81. The van der Waals surface area contributed by atoms with Gasteiger partial charge in [0.1, 0.15) is 6.04 Å². The van der Waals surface area contributed by atoms with E-state index in [2.05, 4.69) is 5.32 Å². The highest BCUT2D eigenvalue weighted by molar-refractivity contribution is 5.82. The minimum Gasteiger partial charge on any atom is -0.464 e. The number of nitrogens with one attached hydrogen (secondary N) is 1. The van der Waals surface area contributed by atoms with E-state index in [-0.39, 0.29) is 12.0 Å². The van der Waals surface area contributed by atoms with Gasteiger partial charge >= 0.3 is 5.97 Å². The number of hydrogen-bond acceptors (Lipinski definition) is 4. The molecular formula is C7H12N2O3. The average Bonchev–Trinajstić information content (AvgIpc) is 2.36. The summed E-state index contributed by atoms with van der Waals surface area (Å²) in [5.74, 6) is -0.766. The molecule has 1 rings (SSSR count). The van der Waals surface area contributed by atoms with Crippen molar-refractivity contribution in [3.05, 3.63) is 0 Å². The molecule has 5 heteroatoms. The standard InChI is InChI=1S/C7H12N2O3/c1-4(6(8)10)9-5-2-3-12-7(5)11/h4-5,9H,2-3H2,1H3,(H2,8,10). The van der Waals surface area contributed by atoms with E-state index in [4.69, 9.17) is 10.5 Å². The second kappa shape index (κ2) is 3.53. The Balaban J connectivity index is 2.40. The third kappa shape index (κ3) is 1.94. The van der Waals surface area contributed by atoms with Crippen LogP contribution in [-0.4, -0.2) is 30.6 Å². The number of esters is 1. The molecule has 0 radical (unpaired) electrons. The van der Waals surface area contributed by atoms with Crippen LogP contribution in [0.5, 0.6) is 0 Å². The Hall–Kier alpha value is -1.10. The van der Waals surface area contributed by atoms with Gasteiger partial charge in [0, 0.05) is 6.42 Å². The van der Waals surface area contributed by atoms with Crippen LogP contribution < -0.4 is 11.1 Å². The molecule has 0 aromatic heterocycles. The monoisotopic (exact) mass is 172 g/mol. The SMILES string of the molecule is CC(NC1CCOC1=O)C(N)=O. The molecule has 0 aliphatic carbocycles. The maximum absolute atomic E-state index is 10.9. The predicted molar refractivity (Wildman–Crippen MR) is 41.2 cm³/mol. The molecule has 3 N–H and O–H groups in total. The van der Waals surface area contributed by atoms with E-state index >= 15 is 0 Å². The first-order valence-electron chi connectivity index (χ1n) is 3.83. The Labute approximate surface area is 70.2 Å². The van der Waals surface area contributed by atoms with Gasteiger partial charge in [-0.25, -0.2) is 0 Å². The molecule has 0 aromatic carbocycles. The van der Waals surface area contributed by atoms with Gasteiger partial charge in [0.05, 0.1) is 12.6 Å². The first-order chi connectivity index (χ1) is 5.61. The number of nitrogens with two attached hydrogens (primary N) is 1. The van der Waals surface area contributed by atoms with Gasteiger partial charge < -0.3 is 10.5 Å². The minimum absolute atomic E-state index is 0.303. The molecule has 1 saturated heterocycles. The van der Waals surface area contributed by atoms with E-state index in [1.807, 2.05) is 0 Å². The highest BCUT2D eigenvalue weighted by Gasteiger charge is 2.28. The van der Waals surface area contributed by atoms with Gasteiger partial charge in [0.25, 0.3) is 0 Å². The summed E-state index contributed by atoms with van der Waals surface area (Å²) in [4.78, 5) is 21.5. The summed E-state index contributed by atoms with van der Waals surface area (Å²) in [7, 11) is 0. The topological polar surface area (TPSA) is 81.4 Å². The van der Waals surface area contributed by atoms with Gasteiger partial charge in [-0.3, -0.25) is 14.9 Å². The van der Waals surface area contributed by atoms with Crippen molar-refractivity contribution in [1.82, 2.24) is 5.32 Å². The Morgan fingerprint density at radius 2 is 2.50 bits per heavy atom. The van der Waals surface area contributed by atoms with Crippen LogP contribution in [0.1, 0.15) is 13.3 Å². The Morgan fingerprint density at radius 1 is 1.83 bits per heavy atom. The molecule has 0 bridgehead atoms. The Morgan fingerprint density at radius 3 is 2.92 bits per heavy atom. The summed E-state index contributed by atoms with van der Waals surface area (Å²) in [6, 6.07) is -0.854. The Bertz CT molecular complexity index is 205. The fourth-order valence-corrected chi connectivity index (χ4v) is 1.03. The molecule has 0 saturated carbocycles. The molecule has 5 nitrogen and oxygen atoms in total. The zero-order valence-corrected chi connectivity index (χ0v) is 6.87. The summed E-state index contributed by atoms with van der Waals surface area (Å²) in [6.07, 6.45) is 0.608. The lowest BCUT2D eigenvalue weighted by Crippen LogP contribution is -2.46. The lowest BCUT2D eigenvalue weighted by atomic mass is 10.2. The second-order valence-corrected chi connectivity index (χ2v) is 2.80. The van der Waals surface area contributed by atoms with Gasteiger partial charge in [0.2, 0.25) is 5.91 Å². The van der Waals surface area contributed by atoms with Crippen LogP contribution in [0.4, 0.5) is 0 Å². The average molecular weight is 172 g/mol. The molecule has 68 valence electrons. The number of carbonyl (C=O) groups is 2. The predicted octanol–water partition coefficient (Wildman–Crippen LogP) is -1.23. The van der Waals surface area contributed by atoms with Gasteiger partial charge in [-0.05, 0) is 6.92 Å². The van der Waals surface area contributed by atoms with E-state index in [9.17, 15) is 9.59 Å². The molecule has 1 heterocycles. The van der Waals surface area contributed by atoms with Gasteiger partial charge in [0.15, 0.2) is 0 Å². The number of primary amides is 1. The summed E-state index contributed by atoms with van der Waals surface area (Å²) in [5, 5.41) is 2.78. The fraction of sp³-hybridized carbons (Fsp3) is 0.714. The zero-order valence-electron chi connectivity index (χ0n) is 6.87. The normalized spacial score (nSPS) is 25.1. The van der Waals surface area contributed by atoms with Crippen LogP contribution in [0.25, 0.3) is 0 Å². The number of amides is 1.